The highest BCUT2D eigenvalue weighted by Gasteiger charge is 2.26. The van der Waals surface area contributed by atoms with Crippen LogP contribution in [-0.2, 0) is 9.59 Å². The second-order valence-electron chi connectivity index (χ2n) is 4.03. The summed E-state index contributed by atoms with van der Waals surface area (Å²) in [5.74, 6) is -0.521. The lowest BCUT2D eigenvalue weighted by molar-refractivity contribution is -0.137. The van der Waals surface area contributed by atoms with Crippen LogP contribution in [0.3, 0.4) is 0 Å². The molecule has 96 valence electrons. The summed E-state index contributed by atoms with van der Waals surface area (Å²) >= 11 is 0. The van der Waals surface area contributed by atoms with E-state index in [-0.39, 0.29) is 18.9 Å². The number of nitrogens with two attached hydrogens (primary N) is 1. The third kappa shape index (κ3) is 2.37. The SMILES string of the molecule is Nc1cccc2c1N(CCCC(=O)O)C(=O)CO2. The van der Waals surface area contributed by atoms with Gasteiger partial charge in [-0.15, -0.1) is 0 Å². The van der Waals surface area contributed by atoms with Gasteiger partial charge in [0.15, 0.2) is 6.61 Å². The van der Waals surface area contributed by atoms with E-state index in [9.17, 15) is 9.59 Å². The fourth-order valence-electron chi connectivity index (χ4n) is 1.91. The number of anilines is 2. The van der Waals surface area contributed by atoms with E-state index in [1.807, 2.05) is 0 Å². The Morgan fingerprint density at radius 2 is 2.28 bits per heavy atom. The van der Waals surface area contributed by atoms with Crippen LogP contribution in [0.25, 0.3) is 0 Å². The molecule has 1 aliphatic rings. The van der Waals surface area contributed by atoms with Crippen LogP contribution in [0, 0.1) is 0 Å². The number of nitrogens with zero attached hydrogens (tertiary/aromatic N) is 1. The highest BCUT2D eigenvalue weighted by molar-refractivity contribution is 6.01. The van der Waals surface area contributed by atoms with Crippen LogP contribution in [-0.4, -0.2) is 30.1 Å². The van der Waals surface area contributed by atoms with Crippen molar-refractivity contribution in [1.29, 1.82) is 0 Å². The van der Waals surface area contributed by atoms with Gasteiger partial charge in [-0.2, -0.15) is 0 Å². The zero-order valence-electron chi connectivity index (χ0n) is 9.76. The van der Waals surface area contributed by atoms with Crippen molar-refractivity contribution in [3.05, 3.63) is 18.2 Å². The Morgan fingerprint density at radius 1 is 1.50 bits per heavy atom. The number of carbonyl (C=O) groups is 2. The molecule has 0 aromatic heterocycles. The van der Waals surface area contributed by atoms with Crippen molar-refractivity contribution in [2.75, 3.05) is 23.8 Å². The second-order valence-corrected chi connectivity index (χ2v) is 4.03. The van der Waals surface area contributed by atoms with Crippen molar-refractivity contribution in [3.63, 3.8) is 0 Å². The summed E-state index contributed by atoms with van der Waals surface area (Å²) in [4.78, 5) is 23.8. The largest absolute Gasteiger partial charge is 0.481 e. The summed E-state index contributed by atoms with van der Waals surface area (Å²) in [5.41, 5.74) is 6.83. The normalized spacial score (nSPS) is 14.0. The topological polar surface area (TPSA) is 92.9 Å². The number of carboxylic acids is 1. The van der Waals surface area contributed by atoms with E-state index in [2.05, 4.69) is 0 Å². The number of hydrogen-bond donors (Lipinski definition) is 2. The first-order valence-corrected chi connectivity index (χ1v) is 5.63. The fourth-order valence-corrected chi connectivity index (χ4v) is 1.91. The molecule has 0 fully saturated rings. The lowest BCUT2D eigenvalue weighted by Crippen LogP contribution is -2.40. The van der Waals surface area contributed by atoms with Crippen LogP contribution < -0.4 is 15.4 Å². The Bertz CT molecular complexity index is 487. The van der Waals surface area contributed by atoms with Crippen LogP contribution in [0.2, 0.25) is 0 Å². The van der Waals surface area contributed by atoms with Crippen LogP contribution in [0.15, 0.2) is 18.2 Å². The molecule has 0 unspecified atom stereocenters. The van der Waals surface area contributed by atoms with E-state index in [1.54, 1.807) is 18.2 Å². The van der Waals surface area contributed by atoms with Gasteiger partial charge >= 0.3 is 5.97 Å². The van der Waals surface area contributed by atoms with Crippen LogP contribution in [0.4, 0.5) is 11.4 Å². The number of fused-ring (bicyclic) bond motifs is 1. The highest BCUT2D eigenvalue weighted by atomic mass is 16.5. The van der Waals surface area contributed by atoms with Crippen molar-refractivity contribution in [2.24, 2.45) is 0 Å². The smallest absolute Gasteiger partial charge is 0.303 e. The number of benzene rings is 1. The number of ether oxygens (including phenoxy) is 1. The first kappa shape index (κ1) is 12.2. The summed E-state index contributed by atoms with van der Waals surface area (Å²) in [6, 6.07) is 5.17. The lowest BCUT2D eigenvalue weighted by Gasteiger charge is -2.30. The molecular formula is C12H14N2O4. The first-order chi connectivity index (χ1) is 8.59. The van der Waals surface area contributed by atoms with Crippen molar-refractivity contribution in [2.45, 2.75) is 12.8 Å². The number of carbonyl (C=O) groups excluding carboxylic acids is 1. The van der Waals surface area contributed by atoms with Crippen molar-refractivity contribution in [1.82, 2.24) is 0 Å². The summed E-state index contributed by atoms with van der Waals surface area (Å²) in [6.45, 7) is 0.291. The Morgan fingerprint density at radius 3 is 3.00 bits per heavy atom. The standard InChI is InChI=1S/C12H14N2O4/c13-8-3-1-4-9-12(8)14(10(15)7-18-9)6-2-5-11(16)17/h1,3-4H,2,5-7,13H2,(H,16,17). The third-order valence-electron chi connectivity index (χ3n) is 2.72. The van der Waals surface area contributed by atoms with E-state index < -0.39 is 5.97 Å². The average molecular weight is 250 g/mol. The minimum absolute atomic E-state index is 0.0205. The van der Waals surface area contributed by atoms with E-state index in [0.717, 1.165) is 0 Å². The number of aliphatic carboxylic acids is 1. The molecule has 6 heteroatoms. The molecule has 1 aliphatic heterocycles. The first-order valence-electron chi connectivity index (χ1n) is 5.63. The number of rotatable bonds is 4. The van der Waals surface area contributed by atoms with E-state index in [0.29, 0.717) is 30.1 Å². The summed E-state index contributed by atoms with van der Waals surface area (Å²) < 4.78 is 5.29. The molecule has 0 saturated heterocycles. The van der Waals surface area contributed by atoms with E-state index >= 15 is 0 Å². The van der Waals surface area contributed by atoms with Crippen molar-refractivity contribution >= 4 is 23.3 Å². The zero-order valence-corrected chi connectivity index (χ0v) is 9.76. The number of carboxylic acid groups (broad SMARTS) is 1. The Kier molecular flexibility index (Phi) is 3.36. The van der Waals surface area contributed by atoms with Gasteiger partial charge in [-0.05, 0) is 18.6 Å². The van der Waals surface area contributed by atoms with Gasteiger partial charge < -0.3 is 20.5 Å². The van der Waals surface area contributed by atoms with Gasteiger partial charge in [0.2, 0.25) is 0 Å². The van der Waals surface area contributed by atoms with Gasteiger partial charge in [0, 0.05) is 13.0 Å². The minimum Gasteiger partial charge on any atom is -0.481 e. The predicted molar refractivity (Wildman–Crippen MR) is 65.6 cm³/mol. The minimum atomic E-state index is -0.878. The lowest BCUT2D eigenvalue weighted by atomic mass is 10.2. The zero-order chi connectivity index (χ0) is 13.1. The Labute approximate surface area is 104 Å². The molecule has 1 aromatic carbocycles. The monoisotopic (exact) mass is 250 g/mol. The molecule has 6 nitrogen and oxygen atoms in total. The van der Waals surface area contributed by atoms with Gasteiger partial charge in [-0.1, -0.05) is 6.07 Å². The molecule has 3 N–H and O–H groups in total. The quantitative estimate of drug-likeness (QED) is 0.773. The molecule has 0 atom stereocenters. The van der Waals surface area contributed by atoms with Gasteiger partial charge in [0.25, 0.3) is 5.91 Å². The van der Waals surface area contributed by atoms with Crippen molar-refractivity contribution in [3.8, 4) is 5.75 Å². The maximum absolute atomic E-state index is 11.8. The van der Waals surface area contributed by atoms with Crippen LogP contribution in [0.1, 0.15) is 12.8 Å². The maximum atomic E-state index is 11.8. The molecular weight excluding hydrogens is 236 g/mol. The second kappa shape index (κ2) is 4.95. The molecule has 1 heterocycles. The molecule has 0 aliphatic carbocycles. The van der Waals surface area contributed by atoms with Gasteiger partial charge in [-0.25, -0.2) is 0 Å². The predicted octanol–water partition coefficient (Wildman–Crippen LogP) is 0.859. The fraction of sp³-hybridized carbons (Fsp3) is 0.333. The molecule has 0 radical (unpaired) electrons. The average Bonchev–Trinajstić information content (AvgIpc) is 2.32. The third-order valence-corrected chi connectivity index (χ3v) is 2.72. The molecule has 2 rings (SSSR count). The van der Waals surface area contributed by atoms with E-state index in [4.69, 9.17) is 15.6 Å². The molecule has 0 bridgehead atoms. The summed E-state index contributed by atoms with van der Waals surface area (Å²) in [5, 5.41) is 8.61. The Balaban J connectivity index is 2.19. The highest BCUT2D eigenvalue weighted by Crippen LogP contribution is 2.37. The molecule has 1 amide bonds. The van der Waals surface area contributed by atoms with Gasteiger partial charge in [0.1, 0.15) is 11.4 Å². The van der Waals surface area contributed by atoms with Crippen LogP contribution in [0.5, 0.6) is 5.75 Å². The number of hydrogen-bond acceptors (Lipinski definition) is 4. The molecule has 0 saturated carbocycles. The van der Waals surface area contributed by atoms with Gasteiger partial charge in [-0.3, -0.25) is 9.59 Å². The summed E-state index contributed by atoms with van der Waals surface area (Å²) in [7, 11) is 0. The molecule has 0 spiro atoms. The molecule has 1 aromatic rings. The number of nitrogen functional groups attached to an aromatic ring is 1. The van der Waals surface area contributed by atoms with Crippen molar-refractivity contribution < 1.29 is 19.4 Å². The molecule has 18 heavy (non-hydrogen) atoms. The summed E-state index contributed by atoms with van der Waals surface area (Å²) in [6.07, 6.45) is 0.404. The van der Waals surface area contributed by atoms with Crippen LogP contribution >= 0.6 is 0 Å². The Hall–Kier alpha value is -2.24. The maximum Gasteiger partial charge on any atom is 0.303 e. The van der Waals surface area contributed by atoms with Gasteiger partial charge in [0.05, 0.1) is 5.69 Å². The number of para-hydroxylation sites is 1. The van der Waals surface area contributed by atoms with E-state index in [1.165, 1.54) is 4.90 Å². The number of amides is 1.